The van der Waals surface area contributed by atoms with E-state index in [0.29, 0.717) is 58.0 Å². The lowest BCUT2D eigenvalue weighted by molar-refractivity contribution is 0.0137. The summed E-state index contributed by atoms with van der Waals surface area (Å²) >= 11 is 0. The van der Waals surface area contributed by atoms with Crippen LogP contribution in [-0.2, 0) is 17.8 Å². The number of halogens is 4. The Balaban J connectivity index is 0.000000550. The van der Waals surface area contributed by atoms with Crippen molar-refractivity contribution in [2.45, 2.75) is 109 Å². The maximum atomic E-state index is 14.8. The standard InChI is InChI=1S/C19H21F2N5O3.C17H21F2N5O3.3C4H10/c1-12-2-4-14(10-22-12)23-18(27)24-17-15(20)5-3-13(16(17)21)11-25-6-8-26(9-7-25)19(28)29;1-17(2,3)27-16(26)24-8-6-23(7-9-24)10-11-4-5-12(18)13(14(11)19)15(25)21-22-20;3*1-4(2)3/h2-5,10H,6-9,11H2,1H3,(H,28,29)(H2,23,24,27);4-5H,6-10H2,1-3H3;3*4H,1-3H3. The normalized spacial score (nSPS) is 13.8. The van der Waals surface area contributed by atoms with Crippen molar-refractivity contribution in [3.8, 4) is 0 Å². The van der Waals surface area contributed by atoms with Gasteiger partial charge in [-0.15, -0.1) is 0 Å². The number of urea groups is 1. The second-order valence-corrected chi connectivity index (χ2v) is 19.0. The highest BCUT2D eigenvalue weighted by molar-refractivity contribution is 6.00. The van der Waals surface area contributed by atoms with E-state index in [1.54, 1.807) is 44.7 Å². The van der Waals surface area contributed by atoms with Crippen LogP contribution in [0, 0.1) is 47.9 Å². The lowest BCUT2D eigenvalue weighted by Crippen LogP contribution is -2.49. The van der Waals surface area contributed by atoms with Gasteiger partial charge in [0.25, 0.3) is 5.91 Å². The van der Waals surface area contributed by atoms with Gasteiger partial charge >= 0.3 is 18.2 Å². The van der Waals surface area contributed by atoms with E-state index in [1.807, 2.05) is 9.80 Å². The number of ether oxygens (including phenoxy) is 1. The number of carbonyl (C=O) groups excluding carboxylic acids is 3. The van der Waals surface area contributed by atoms with Crippen LogP contribution in [0.4, 0.5) is 43.3 Å². The lowest BCUT2D eigenvalue weighted by atomic mass is 10.1. The van der Waals surface area contributed by atoms with Crippen LogP contribution in [0.5, 0.6) is 0 Å². The van der Waals surface area contributed by atoms with Crippen LogP contribution >= 0.6 is 0 Å². The maximum Gasteiger partial charge on any atom is 0.410 e. The van der Waals surface area contributed by atoms with Gasteiger partial charge in [-0.1, -0.05) is 74.4 Å². The summed E-state index contributed by atoms with van der Waals surface area (Å²) in [6.45, 7) is 30.2. The number of carbonyl (C=O) groups is 4. The Hall–Kier alpha value is -5.98. The Morgan fingerprint density at radius 1 is 0.721 bits per heavy atom. The van der Waals surface area contributed by atoms with Crippen LogP contribution < -0.4 is 10.6 Å². The highest BCUT2D eigenvalue weighted by atomic mass is 19.1. The number of nitrogens with one attached hydrogen (secondary N) is 2. The Morgan fingerprint density at radius 3 is 1.60 bits per heavy atom. The number of hydrogen-bond acceptors (Lipinski definition) is 8. The molecule has 5 rings (SSSR count). The second-order valence-electron chi connectivity index (χ2n) is 19.0. The van der Waals surface area contributed by atoms with Crippen molar-refractivity contribution in [1.29, 1.82) is 0 Å². The number of azide groups is 1. The molecule has 68 heavy (non-hydrogen) atoms. The Bertz CT molecular complexity index is 2090. The van der Waals surface area contributed by atoms with Crippen LogP contribution in [0.15, 0.2) is 47.7 Å². The summed E-state index contributed by atoms with van der Waals surface area (Å²) in [5.41, 5.74) is 7.79. The minimum atomic E-state index is -1.30. The molecule has 2 aliphatic heterocycles. The van der Waals surface area contributed by atoms with Crippen molar-refractivity contribution in [3.05, 3.63) is 98.7 Å². The molecule has 0 radical (unpaired) electrons. The summed E-state index contributed by atoms with van der Waals surface area (Å²) in [6, 6.07) is 7.16. The van der Waals surface area contributed by atoms with Crippen molar-refractivity contribution < 1.29 is 46.6 Å². The number of aromatic nitrogens is 1. The molecular weight excluding hydrogens is 889 g/mol. The average Bonchev–Trinajstić information content (AvgIpc) is 3.22. The molecule has 1 aromatic heterocycles. The zero-order valence-corrected chi connectivity index (χ0v) is 41.9. The number of anilines is 2. The van der Waals surface area contributed by atoms with Crippen molar-refractivity contribution in [1.82, 2.24) is 24.6 Å². The van der Waals surface area contributed by atoms with E-state index in [1.165, 1.54) is 23.2 Å². The van der Waals surface area contributed by atoms with E-state index in [0.717, 1.165) is 35.6 Å². The van der Waals surface area contributed by atoms with Gasteiger partial charge in [0.15, 0.2) is 5.82 Å². The van der Waals surface area contributed by atoms with Crippen molar-refractivity contribution >= 4 is 35.5 Å². The quantitative estimate of drug-likeness (QED) is 0.0893. The third-order valence-electron chi connectivity index (χ3n) is 8.55. The Morgan fingerprint density at radius 2 is 1.18 bits per heavy atom. The molecule has 2 aromatic carbocycles. The fourth-order valence-electron chi connectivity index (χ4n) is 5.65. The second kappa shape index (κ2) is 29.7. The highest BCUT2D eigenvalue weighted by Crippen LogP contribution is 2.25. The molecule has 0 spiro atoms. The molecule has 378 valence electrons. The molecule has 3 N–H and O–H groups in total. The third-order valence-corrected chi connectivity index (χ3v) is 8.55. The first kappa shape index (κ1) is 60.0. The van der Waals surface area contributed by atoms with Gasteiger partial charge in [-0.3, -0.25) is 19.6 Å². The van der Waals surface area contributed by atoms with Gasteiger partial charge in [-0.25, -0.2) is 31.9 Å². The number of carboxylic acid groups (broad SMARTS) is 1. The number of pyridine rings is 1. The van der Waals surface area contributed by atoms with E-state index in [2.05, 4.69) is 88.0 Å². The zero-order chi connectivity index (χ0) is 51.9. The van der Waals surface area contributed by atoms with Crippen LogP contribution in [0.3, 0.4) is 0 Å². The van der Waals surface area contributed by atoms with Crippen LogP contribution in [0.1, 0.15) is 110 Å². The predicted molar refractivity (Wildman–Crippen MR) is 257 cm³/mol. The number of amides is 5. The first-order valence-electron chi connectivity index (χ1n) is 22.6. The molecule has 2 saturated heterocycles. The summed E-state index contributed by atoms with van der Waals surface area (Å²) in [5, 5.41) is 16.4. The number of piperazine rings is 2. The van der Waals surface area contributed by atoms with Crippen LogP contribution in [0.2, 0.25) is 0 Å². The molecular formula is C48H72F4N10O6. The van der Waals surface area contributed by atoms with Crippen molar-refractivity contribution in [2.24, 2.45) is 22.9 Å². The fraction of sp³-hybridized carbons (Fsp3) is 0.562. The van der Waals surface area contributed by atoms with Gasteiger partial charge in [0.1, 0.15) is 28.7 Å². The van der Waals surface area contributed by atoms with E-state index >= 15 is 0 Å². The van der Waals surface area contributed by atoms with Gasteiger partial charge in [0.2, 0.25) is 0 Å². The SMILES string of the molecule is CC(C)(C)OC(=O)N1CCN(Cc2ccc(F)c(C(=O)N=[N+]=[N-])c2F)CC1.CC(C)C.CC(C)C.CC(C)C.Cc1ccc(NC(=O)Nc2c(F)ccc(CN3CCN(C(=O)O)CC3)c2F)cn1. The fourth-order valence-corrected chi connectivity index (χ4v) is 5.65. The zero-order valence-electron chi connectivity index (χ0n) is 41.9. The van der Waals surface area contributed by atoms with E-state index in [-0.39, 0.29) is 24.2 Å². The summed E-state index contributed by atoms with van der Waals surface area (Å²) in [4.78, 5) is 59.6. The van der Waals surface area contributed by atoms with Crippen molar-refractivity contribution in [2.75, 3.05) is 63.0 Å². The predicted octanol–water partition coefficient (Wildman–Crippen LogP) is 11.6. The third kappa shape index (κ3) is 23.7. The Labute approximate surface area is 399 Å². The monoisotopic (exact) mass is 961 g/mol. The van der Waals surface area contributed by atoms with Gasteiger partial charge in [0.05, 0.1) is 17.4 Å². The lowest BCUT2D eigenvalue weighted by Gasteiger charge is -2.35. The first-order chi connectivity index (χ1) is 31.6. The molecule has 0 aliphatic carbocycles. The highest BCUT2D eigenvalue weighted by Gasteiger charge is 2.28. The smallest absolute Gasteiger partial charge is 0.410 e. The molecule has 0 bridgehead atoms. The number of aryl methyl sites for hydroxylation is 1. The van der Waals surface area contributed by atoms with E-state index in [4.69, 9.17) is 15.4 Å². The van der Waals surface area contributed by atoms with Crippen molar-refractivity contribution in [3.63, 3.8) is 0 Å². The minimum Gasteiger partial charge on any atom is -0.465 e. The van der Waals surface area contributed by atoms with Crippen LogP contribution in [-0.4, -0.2) is 112 Å². The van der Waals surface area contributed by atoms with E-state index in [9.17, 15) is 36.7 Å². The molecule has 0 atom stereocenters. The summed E-state index contributed by atoms with van der Waals surface area (Å²) < 4.78 is 62.5. The molecule has 0 saturated carbocycles. The van der Waals surface area contributed by atoms with E-state index < -0.39 is 64.2 Å². The first-order valence-corrected chi connectivity index (χ1v) is 22.6. The number of benzene rings is 2. The van der Waals surface area contributed by atoms with Gasteiger partial charge < -0.3 is 30.3 Å². The molecule has 16 nitrogen and oxygen atoms in total. The molecule has 3 heterocycles. The summed E-state index contributed by atoms with van der Waals surface area (Å²) in [6.07, 6.45) is 0.0469. The molecule has 3 aromatic rings. The molecule has 5 amide bonds. The number of hydrogen-bond donors (Lipinski definition) is 3. The summed E-state index contributed by atoms with van der Waals surface area (Å²) in [5.74, 6) is -2.67. The topological polar surface area (TPSA) is 196 Å². The molecule has 2 aliphatic rings. The van der Waals surface area contributed by atoms with Gasteiger partial charge in [-0.05, 0) is 80.4 Å². The molecule has 2 fully saturated rings. The number of rotatable bonds is 7. The molecule has 20 heteroatoms. The summed E-state index contributed by atoms with van der Waals surface area (Å²) in [7, 11) is 0. The minimum absolute atomic E-state index is 0.110. The van der Waals surface area contributed by atoms with Gasteiger partial charge in [-0.2, -0.15) is 0 Å². The largest absolute Gasteiger partial charge is 0.465 e. The van der Waals surface area contributed by atoms with Crippen LogP contribution in [0.25, 0.3) is 10.4 Å². The Kier molecular flexibility index (Phi) is 26.2. The maximum absolute atomic E-state index is 14.8. The number of nitrogens with zero attached hydrogens (tertiary/aromatic N) is 8. The van der Waals surface area contributed by atoms with Gasteiger partial charge in [0, 0.05) is 87.2 Å². The average molecular weight is 961 g/mol. The molecule has 0 unspecified atom stereocenters.